The van der Waals surface area contributed by atoms with Crippen molar-refractivity contribution in [2.45, 2.75) is 40.3 Å². The highest BCUT2D eigenvalue weighted by molar-refractivity contribution is 5.94. The van der Waals surface area contributed by atoms with E-state index in [1.54, 1.807) is 12.4 Å². The number of nitrogens with zero attached hydrogens (tertiary/aromatic N) is 4. The summed E-state index contributed by atoms with van der Waals surface area (Å²) in [5.41, 5.74) is 2.56. The fourth-order valence-corrected chi connectivity index (χ4v) is 3.18. The Morgan fingerprint density at radius 3 is 2.47 bits per heavy atom. The van der Waals surface area contributed by atoms with E-state index in [2.05, 4.69) is 39.2 Å². The first kappa shape index (κ1) is 21.6. The summed E-state index contributed by atoms with van der Waals surface area (Å²) in [4.78, 5) is 23.7. The number of carbonyl (C=O) groups excluding carboxylic acids is 1. The molecule has 2 heterocycles. The van der Waals surface area contributed by atoms with Crippen LogP contribution in [0.3, 0.4) is 0 Å². The van der Waals surface area contributed by atoms with E-state index in [1.807, 2.05) is 50.2 Å². The molecular formula is C23H29N5O2. The zero-order valence-corrected chi connectivity index (χ0v) is 18.0. The Morgan fingerprint density at radius 1 is 1.13 bits per heavy atom. The van der Waals surface area contributed by atoms with Gasteiger partial charge in [0.2, 0.25) is 11.7 Å². The smallest absolute Gasteiger partial charge is 0.251 e. The van der Waals surface area contributed by atoms with Gasteiger partial charge in [-0.1, -0.05) is 45.0 Å². The maximum atomic E-state index is 12.8. The minimum absolute atomic E-state index is 0.0816. The van der Waals surface area contributed by atoms with Gasteiger partial charge in [-0.05, 0) is 48.8 Å². The molecule has 3 aromatic rings. The number of carbonyl (C=O) groups is 1. The van der Waals surface area contributed by atoms with Crippen LogP contribution in [0.2, 0.25) is 0 Å². The summed E-state index contributed by atoms with van der Waals surface area (Å²) in [6.45, 7) is 11.2. The molecule has 1 atom stereocenters. The quantitative estimate of drug-likeness (QED) is 0.575. The Hall–Kier alpha value is -3.06. The number of nitrogens with one attached hydrogen (secondary N) is 1. The molecule has 2 aromatic heterocycles. The highest BCUT2D eigenvalue weighted by atomic mass is 16.5. The summed E-state index contributed by atoms with van der Waals surface area (Å²) in [7, 11) is 0. The fourth-order valence-electron chi connectivity index (χ4n) is 3.18. The normalized spacial score (nSPS) is 12.3. The molecule has 7 heteroatoms. The first-order valence-corrected chi connectivity index (χ1v) is 10.4. The van der Waals surface area contributed by atoms with Gasteiger partial charge in [0.05, 0.1) is 0 Å². The average Bonchev–Trinajstić information content (AvgIpc) is 3.26. The van der Waals surface area contributed by atoms with Gasteiger partial charge in [-0.2, -0.15) is 4.98 Å². The highest BCUT2D eigenvalue weighted by Gasteiger charge is 2.25. The minimum Gasteiger partial charge on any atom is -0.340 e. The van der Waals surface area contributed by atoms with Crippen molar-refractivity contribution < 1.29 is 9.32 Å². The third-order valence-electron chi connectivity index (χ3n) is 5.10. The molecule has 0 aliphatic heterocycles. The number of aromatic nitrogens is 3. The molecule has 0 radical (unpaired) electrons. The van der Waals surface area contributed by atoms with Crippen molar-refractivity contribution in [2.75, 3.05) is 13.1 Å². The summed E-state index contributed by atoms with van der Waals surface area (Å²) in [5, 5.41) is 7.08. The van der Waals surface area contributed by atoms with Crippen molar-refractivity contribution in [3.05, 3.63) is 65.8 Å². The molecule has 158 valence electrons. The summed E-state index contributed by atoms with van der Waals surface area (Å²) < 4.78 is 5.46. The van der Waals surface area contributed by atoms with E-state index in [-0.39, 0.29) is 17.9 Å². The second-order valence-electron chi connectivity index (χ2n) is 7.55. The molecule has 0 fully saturated rings. The maximum Gasteiger partial charge on any atom is 0.251 e. The standard InChI is InChI=1S/C23H29N5O2/c1-5-28(6-2)15-17-9-11-18(12-10-17)22(29)25-20(16(3)4)23-26-21(27-30-23)19-8-7-13-24-14-19/h7-14,16,20H,5-6,15H2,1-4H3,(H,25,29). The van der Waals surface area contributed by atoms with E-state index in [4.69, 9.17) is 4.52 Å². The first-order chi connectivity index (χ1) is 14.5. The van der Waals surface area contributed by atoms with E-state index in [0.29, 0.717) is 17.3 Å². The van der Waals surface area contributed by atoms with Crippen LogP contribution in [-0.4, -0.2) is 39.0 Å². The maximum absolute atomic E-state index is 12.8. The molecule has 0 saturated heterocycles. The Morgan fingerprint density at radius 2 is 1.87 bits per heavy atom. The van der Waals surface area contributed by atoms with Crippen LogP contribution in [0.15, 0.2) is 53.3 Å². The van der Waals surface area contributed by atoms with Gasteiger partial charge in [0, 0.05) is 30.1 Å². The van der Waals surface area contributed by atoms with Crippen molar-refractivity contribution in [3.8, 4) is 11.4 Å². The number of pyridine rings is 1. The van der Waals surface area contributed by atoms with Crippen LogP contribution in [0.1, 0.15) is 55.5 Å². The van der Waals surface area contributed by atoms with E-state index in [0.717, 1.165) is 25.2 Å². The van der Waals surface area contributed by atoms with Crippen LogP contribution in [0, 0.1) is 5.92 Å². The van der Waals surface area contributed by atoms with Crippen LogP contribution in [0.25, 0.3) is 11.4 Å². The van der Waals surface area contributed by atoms with Gasteiger partial charge in [-0.15, -0.1) is 0 Å². The lowest BCUT2D eigenvalue weighted by Gasteiger charge is -2.19. The van der Waals surface area contributed by atoms with E-state index >= 15 is 0 Å². The van der Waals surface area contributed by atoms with E-state index in [9.17, 15) is 4.79 Å². The summed E-state index contributed by atoms with van der Waals surface area (Å²) in [6, 6.07) is 11.0. The average molecular weight is 408 g/mol. The predicted molar refractivity (Wildman–Crippen MR) is 116 cm³/mol. The van der Waals surface area contributed by atoms with Gasteiger partial charge in [0.25, 0.3) is 5.91 Å². The van der Waals surface area contributed by atoms with Crippen LogP contribution in [0.5, 0.6) is 0 Å². The zero-order chi connectivity index (χ0) is 21.5. The molecular weight excluding hydrogens is 378 g/mol. The molecule has 1 aromatic carbocycles. The van der Waals surface area contributed by atoms with E-state index < -0.39 is 0 Å². The highest BCUT2D eigenvalue weighted by Crippen LogP contribution is 2.23. The number of benzene rings is 1. The predicted octanol–water partition coefficient (Wildman–Crippen LogP) is 4.10. The number of amides is 1. The molecule has 0 aliphatic carbocycles. The van der Waals surface area contributed by atoms with Crippen molar-refractivity contribution in [1.29, 1.82) is 0 Å². The van der Waals surface area contributed by atoms with Crippen molar-refractivity contribution in [1.82, 2.24) is 25.3 Å². The lowest BCUT2D eigenvalue weighted by atomic mass is 10.0. The van der Waals surface area contributed by atoms with Gasteiger partial charge in [-0.25, -0.2) is 0 Å². The topological polar surface area (TPSA) is 84.2 Å². The van der Waals surface area contributed by atoms with Crippen LogP contribution in [-0.2, 0) is 6.54 Å². The van der Waals surface area contributed by atoms with Gasteiger partial charge in [0.15, 0.2) is 0 Å². The molecule has 1 amide bonds. The summed E-state index contributed by atoms with van der Waals surface area (Å²) in [6.07, 6.45) is 3.37. The van der Waals surface area contributed by atoms with Crippen molar-refractivity contribution in [3.63, 3.8) is 0 Å². The molecule has 0 spiro atoms. The van der Waals surface area contributed by atoms with Crippen LogP contribution >= 0.6 is 0 Å². The monoisotopic (exact) mass is 407 g/mol. The third-order valence-corrected chi connectivity index (χ3v) is 5.10. The summed E-state index contributed by atoms with van der Waals surface area (Å²) in [5.74, 6) is 0.761. The third kappa shape index (κ3) is 5.30. The lowest BCUT2D eigenvalue weighted by molar-refractivity contribution is 0.0914. The van der Waals surface area contributed by atoms with Gasteiger partial charge >= 0.3 is 0 Å². The molecule has 7 nitrogen and oxygen atoms in total. The molecule has 0 aliphatic rings. The molecule has 1 N–H and O–H groups in total. The first-order valence-electron chi connectivity index (χ1n) is 10.4. The van der Waals surface area contributed by atoms with Gasteiger partial charge in [-0.3, -0.25) is 14.7 Å². The van der Waals surface area contributed by atoms with Crippen molar-refractivity contribution >= 4 is 5.91 Å². The molecule has 1 unspecified atom stereocenters. The number of hydrogen-bond donors (Lipinski definition) is 1. The van der Waals surface area contributed by atoms with Gasteiger partial charge < -0.3 is 9.84 Å². The van der Waals surface area contributed by atoms with Gasteiger partial charge in [0.1, 0.15) is 6.04 Å². The van der Waals surface area contributed by atoms with Crippen molar-refractivity contribution in [2.24, 2.45) is 5.92 Å². The van der Waals surface area contributed by atoms with Crippen LogP contribution in [0.4, 0.5) is 0 Å². The molecule has 3 rings (SSSR count). The molecule has 30 heavy (non-hydrogen) atoms. The largest absolute Gasteiger partial charge is 0.340 e. The Bertz CT molecular complexity index is 934. The zero-order valence-electron chi connectivity index (χ0n) is 18.0. The number of rotatable bonds is 9. The Balaban J connectivity index is 1.71. The lowest BCUT2D eigenvalue weighted by Crippen LogP contribution is -2.32. The Labute approximate surface area is 177 Å². The second-order valence-corrected chi connectivity index (χ2v) is 7.55. The second kappa shape index (κ2) is 10.1. The molecule has 0 saturated carbocycles. The number of hydrogen-bond acceptors (Lipinski definition) is 6. The van der Waals surface area contributed by atoms with E-state index in [1.165, 1.54) is 5.56 Å². The molecule has 0 bridgehead atoms. The summed E-state index contributed by atoms with van der Waals surface area (Å²) >= 11 is 0. The fraction of sp³-hybridized carbons (Fsp3) is 0.391. The Kier molecular flexibility index (Phi) is 7.30. The van der Waals surface area contributed by atoms with Crippen LogP contribution < -0.4 is 5.32 Å². The minimum atomic E-state index is -0.384. The SMILES string of the molecule is CCN(CC)Cc1ccc(C(=O)NC(c2nc(-c3cccnc3)no2)C(C)C)cc1.